The first-order valence-corrected chi connectivity index (χ1v) is 10.7. The van der Waals surface area contributed by atoms with E-state index in [1.54, 1.807) is 28.6 Å². The fourth-order valence-corrected chi connectivity index (χ4v) is 6.43. The summed E-state index contributed by atoms with van der Waals surface area (Å²) < 4.78 is 41.0. The fraction of sp³-hybridized carbons (Fsp3) is 0.375. The van der Waals surface area contributed by atoms with Crippen molar-refractivity contribution in [1.29, 1.82) is 0 Å². The number of piperazine rings is 1. The van der Waals surface area contributed by atoms with E-state index in [4.69, 9.17) is 0 Å². The van der Waals surface area contributed by atoms with Crippen LogP contribution in [0.3, 0.4) is 0 Å². The minimum atomic E-state index is -3.41. The minimum Gasteiger partial charge on any atom is -0.294 e. The first-order chi connectivity index (χ1) is 11.4. The molecular formula is C16H18BrFN2O2S2. The van der Waals surface area contributed by atoms with Crippen LogP contribution in [0, 0.1) is 5.82 Å². The first-order valence-electron chi connectivity index (χ1n) is 7.63. The maximum absolute atomic E-state index is 13.0. The molecule has 130 valence electrons. The third kappa shape index (κ3) is 3.72. The molecule has 0 spiro atoms. The molecule has 0 radical (unpaired) electrons. The Morgan fingerprint density at radius 3 is 2.25 bits per heavy atom. The molecule has 1 aromatic carbocycles. The summed E-state index contributed by atoms with van der Waals surface area (Å²) >= 11 is 4.54. The predicted molar refractivity (Wildman–Crippen MR) is 97.2 cm³/mol. The van der Waals surface area contributed by atoms with Crippen molar-refractivity contribution in [2.45, 2.75) is 17.2 Å². The molecule has 24 heavy (non-hydrogen) atoms. The molecule has 1 fully saturated rings. The van der Waals surface area contributed by atoms with Gasteiger partial charge < -0.3 is 0 Å². The fourth-order valence-electron chi connectivity index (χ4n) is 2.85. The maximum atomic E-state index is 13.0. The van der Waals surface area contributed by atoms with E-state index >= 15 is 0 Å². The van der Waals surface area contributed by atoms with Gasteiger partial charge in [0.25, 0.3) is 10.0 Å². The van der Waals surface area contributed by atoms with Crippen LogP contribution in [0.1, 0.15) is 18.5 Å². The summed E-state index contributed by atoms with van der Waals surface area (Å²) in [7, 11) is -3.41. The molecule has 4 nitrogen and oxygen atoms in total. The summed E-state index contributed by atoms with van der Waals surface area (Å²) in [6.45, 7) is 4.30. The van der Waals surface area contributed by atoms with Gasteiger partial charge in [-0.25, -0.2) is 12.8 Å². The van der Waals surface area contributed by atoms with Gasteiger partial charge in [0.15, 0.2) is 0 Å². The van der Waals surface area contributed by atoms with Gasteiger partial charge in [0, 0.05) is 32.2 Å². The van der Waals surface area contributed by atoms with E-state index in [2.05, 4.69) is 27.8 Å². The lowest BCUT2D eigenvalue weighted by molar-refractivity contribution is 0.146. The molecule has 2 heterocycles. The van der Waals surface area contributed by atoms with Crippen molar-refractivity contribution in [2.24, 2.45) is 0 Å². The lowest BCUT2D eigenvalue weighted by Gasteiger charge is -2.37. The second-order valence-corrected chi connectivity index (χ2v) is 10.4. The van der Waals surface area contributed by atoms with Crippen LogP contribution in [0.5, 0.6) is 0 Å². The molecule has 0 N–H and O–H groups in total. The van der Waals surface area contributed by atoms with Gasteiger partial charge in [-0.1, -0.05) is 12.1 Å². The van der Waals surface area contributed by atoms with Gasteiger partial charge in [0.2, 0.25) is 0 Å². The highest BCUT2D eigenvalue weighted by atomic mass is 79.9. The predicted octanol–water partition coefficient (Wildman–Crippen LogP) is 3.72. The van der Waals surface area contributed by atoms with E-state index in [-0.39, 0.29) is 11.9 Å². The maximum Gasteiger partial charge on any atom is 0.252 e. The molecule has 1 atom stereocenters. The number of nitrogens with zero attached hydrogens (tertiary/aromatic N) is 2. The summed E-state index contributed by atoms with van der Waals surface area (Å²) in [6, 6.07) is 10.0. The second kappa shape index (κ2) is 7.21. The van der Waals surface area contributed by atoms with E-state index in [9.17, 15) is 12.8 Å². The van der Waals surface area contributed by atoms with Gasteiger partial charge in [0.05, 0.1) is 3.79 Å². The topological polar surface area (TPSA) is 40.6 Å². The van der Waals surface area contributed by atoms with Gasteiger partial charge in [-0.05, 0) is 52.7 Å². The van der Waals surface area contributed by atoms with Crippen molar-refractivity contribution in [2.75, 3.05) is 26.2 Å². The lowest BCUT2D eigenvalue weighted by Crippen LogP contribution is -2.49. The summed E-state index contributed by atoms with van der Waals surface area (Å²) in [5.41, 5.74) is 1.04. The lowest BCUT2D eigenvalue weighted by atomic mass is 10.1. The van der Waals surface area contributed by atoms with Crippen molar-refractivity contribution in [3.63, 3.8) is 0 Å². The summed E-state index contributed by atoms with van der Waals surface area (Å²) in [4.78, 5) is 2.23. The SMILES string of the molecule is CC(c1ccc(F)cc1)N1CCN(S(=O)(=O)c2ccc(Br)s2)CC1. The van der Waals surface area contributed by atoms with Crippen LogP contribution < -0.4 is 0 Å². The van der Waals surface area contributed by atoms with Gasteiger partial charge in [-0.2, -0.15) is 4.31 Å². The van der Waals surface area contributed by atoms with Crippen molar-refractivity contribution >= 4 is 37.3 Å². The van der Waals surface area contributed by atoms with E-state index in [1.807, 2.05) is 0 Å². The average molecular weight is 433 g/mol. The zero-order chi connectivity index (χ0) is 17.3. The Hall–Kier alpha value is -0.800. The van der Waals surface area contributed by atoms with Crippen LogP contribution in [-0.4, -0.2) is 43.8 Å². The zero-order valence-electron chi connectivity index (χ0n) is 13.2. The van der Waals surface area contributed by atoms with Crippen LogP contribution in [0.15, 0.2) is 44.4 Å². The Labute approximate surface area is 154 Å². The Balaban J connectivity index is 1.66. The summed E-state index contributed by atoms with van der Waals surface area (Å²) in [6.07, 6.45) is 0. The molecule has 3 rings (SSSR count). The largest absolute Gasteiger partial charge is 0.294 e. The summed E-state index contributed by atoms with van der Waals surface area (Å²) in [5, 5.41) is 0. The van der Waals surface area contributed by atoms with Gasteiger partial charge in [-0.3, -0.25) is 4.90 Å². The molecule has 1 aromatic heterocycles. The van der Waals surface area contributed by atoms with Crippen LogP contribution in [0.4, 0.5) is 4.39 Å². The van der Waals surface area contributed by atoms with Crippen LogP contribution >= 0.6 is 27.3 Å². The van der Waals surface area contributed by atoms with Gasteiger partial charge in [0.1, 0.15) is 10.0 Å². The monoisotopic (exact) mass is 432 g/mol. The number of benzene rings is 1. The molecule has 2 aromatic rings. The smallest absolute Gasteiger partial charge is 0.252 e. The number of thiophene rings is 1. The van der Waals surface area contributed by atoms with E-state index in [0.29, 0.717) is 30.4 Å². The highest BCUT2D eigenvalue weighted by Gasteiger charge is 2.31. The van der Waals surface area contributed by atoms with E-state index in [0.717, 1.165) is 9.35 Å². The number of sulfonamides is 1. The number of rotatable bonds is 4. The Morgan fingerprint density at radius 1 is 1.08 bits per heavy atom. The van der Waals surface area contributed by atoms with Crippen LogP contribution in [0.25, 0.3) is 0 Å². The molecule has 0 bridgehead atoms. The van der Waals surface area contributed by atoms with Crippen molar-refractivity contribution in [1.82, 2.24) is 9.21 Å². The molecule has 0 saturated carbocycles. The molecule has 1 aliphatic heterocycles. The molecule has 8 heteroatoms. The van der Waals surface area contributed by atoms with Crippen LogP contribution in [0.2, 0.25) is 0 Å². The number of hydrogen-bond donors (Lipinski definition) is 0. The molecule has 0 aliphatic carbocycles. The Morgan fingerprint density at radius 2 is 1.71 bits per heavy atom. The van der Waals surface area contributed by atoms with E-state index < -0.39 is 10.0 Å². The van der Waals surface area contributed by atoms with Crippen LogP contribution in [-0.2, 0) is 10.0 Å². The normalized spacial score (nSPS) is 18.6. The molecule has 0 amide bonds. The van der Waals surface area contributed by atoms with E-state index in [1.165, 1.54) is 23.5 Å². The molecule has 1 saturated heterocycles. The molecule has 1 unspecified atom stereocenters. The minimum absolute atomic E-state index is 0.131. The van der Waals surface area contributed by atoms with Gasteiger partial charge in [-0.15, -0.1) is 11.3 Å². The van der Waals surface area contributed by atoms with Crippen molar-refractivity contribution < 1.29 is 12.8 Å². The van der Waals surface area contributed by atoms with Crippen molar-refractivity contribution in [3.8, 4) is 0 Å². The average Bonchev–Trinajstić information content (AvgIpc) is 3.02. The Kier molecular flexibility index (Phi) is 5.41. The standard InChI is InChI=1S/C16H18BrFN2O2S2/c1-12(13-2-4-14(18)5-3-13)19-8-10-20(11-9-19)24(21,22)16-7-6-15(17)23-16/h2-7,12H,8-11H2,1H3. The Bertz CT molecular complexity index is 800. The first kappa shape index (κ1) is 18.0. The number of hydrogen-bond acceptors (Lipinski definition) is 4. The highest BCUT2D eigenvalue weighted by molar-refractivity contribution is 9.11. The van der Waals surface area contributed by atoms with Gasteiger partial charge >= 0.3 is 0 Å². The zero-order valence-corrected chi connectivity index (χ0v) is 16.4. The van der Waals surface area contributed by atoms with Crippen molar-refractivity contribution in [3.05, 3.63) is 51.6 Å². The quantitative estimate of drug-likeness (QED) is 0.738. The molecular weight excluding hydrogens is 415 g/mol. The highest BCUT2D eigenvalue weighted by Crippen LogP contribution is 2.30. The number of halogens is 2. The summed E-state index contributed by atoms with van der Waals surface area (Å²) in [5.74, 6) is -0.246. The molecule has 1 aliphatic rings. The second-order valence-electron chi connectivity index (χ2n) is 5.73. The third-order valence-electron chi connectivity index (χ3n) is 4.32. The third-order valence-corrected chi connectivity index (χ3v) is 8.31.